The minimum Gasteiger partial charge on any atom is -0.484 e. The quantitative estimate of drug-likeness (QED) is 0.599. The van der Waals surface area contributed by atoms with Gasteiger partial charge in [0.2, 0.25) is 15.9 Å². The van der Waals surface area contributed by atoms with Gasteiger partial charge in [0.05, 0.1) is 4.90 Å². The first-order chi connectivity index (χ1) is 12.8. The van der Waals surface area contributed by atoms with Crippen LogP contribution in [0.3, 0.4) is 0 Å². The molecule has 0 unspecified atom stereocenters. The topological polar surface area (TPSA) is 119 Å². The maximum absolute atomic E-state index is 12.2. The molecule has 1 aliphatic rings. The normalized spacial score (nSPS) is 15.5. The van der Waals surface area contributed by atoms with Gasteiger partial charge in [-0.2, -0.15) is 0 Å². The van der Waals surface area contributed by atoms with Crippen molar-refractivity contribution in [2.24, 2.45) is 11.7 Å². The molecule has 1 aromatic carbocycles. The molecule has 0 saturated carbocycles. The highest BCUT2D eigenvalue weighted by atomic mass is 32.2. The van der Waals surface area contributed by atoms with Crippen molar-refractivity contribution in [2.75, 3.05) is 26.2 Å². The van der Waals surface area contributed by atoms with Crippen LogP contribution in [-0.4, -0.2) is 51.4 Å². The molecule has 3 N–H and O–H groups in total. The highest BCUT2D eigenvalue weighted by Crippen LogP contribution is 2.18. The number of likely N-dealkylation sites (tertiary alicyclic amines) is 1. The average Bonchev–Trinajstić information content (AvgIpc) is 2.66. The van der Waals surface area contributed by atoms with Gasteiger partial charge in [0, 0.05) is 25.6 Å². The van der Waals surface area contributed by atoms with E-state index >= 15 is 0 Å². The van der Waals surface area contributed by atoms with E-state index in [0.717, 1.165) is 12.8 Å². The summed E-state index contributed by atoms with van der Waals surface area (Å²) in [6.07, 6.45) is 2.82. The average molecular weight is 397 g/mol. The summed E-state index contributed by atoms with van der Waals surface area (Å²) in [6, 6.07) is 5.96. The third-order valence-electron chi connectivity index (χ3n) is 4.57. The first-order valence-corrected chi connectivity index (χ1v) is 10.6. The molecule has 0 aliphatic carbocycles. The standard InChI is InChI=1S/C18H27N3O5S/c1-2-3-10-20-27(24,25)16-6-4-15(5-7-16)26-13-17(22)21-11-8-14(9-12-21)18(19)23/h4-7,14,20H,2-3,8-13H2,1H3,(H2,19,23). The van der Waals surface area contributed by atoms with E-state index in [2.05, 4.69) is 4.72 Å². The van der Waals surface area contributed by atoms with Gasteiger partial charge in [-0.1, -0.05) is 13.3 Å². The molecule has 27 heavy (non-hydrogen) atoms. The molecular formula is C18H27N3O5S. The number of rotatable bonds is 9. The molecule has 2 rings (SSSR count). The van der Waals surface area contributed by atoms with Gasteiger partial charge in [-0.15, -0.1) is 0 Å². The van der Waals surface area contributed by atoms with Gasteiger partial charge in [-0.05, 0) is 43.5 Å². The molecule has 9 heteroatoms. The summed E-state index contributed by atoms with van der Waals surface area (Å²) in [7, 11) is -3.53. The van der Waals surface area contributed by atoms with Crippen molar-refractivity contribution in [3.05, 3.63) is 24.3 Å². The molecule has 0 atom stereocenters. The monoisotopic (exact) mass is 397 g/mol. The number of carbonyl (C=O) groups excluding carboxylic acids is 2. The minimum absolute atomic E-state index is 0.137. The summed E-state index contributed by atoms with van der Waals surface area (Å²) in [4.78, 5) is 25.2. The Balaban J connectivity index is 1.83. The van der Waals surface area contributed by atoms with Crippen molar-refractivity contribution in [3.63, 3.8) is 0 Å². The van der Waals surface area contributed by atoms with Crippen LogP contribution in [0.2, 0.25) is 0 Å². The Hall–Kier alpha value is -2.13. The molecule has 8 nitrogen and oxygen atoms in total. The molecule has 1 aromatic rings. The number of unbranched alkanes of at least 4 members (excludes halogenated alkanes) is 1. The Morgan fingerprint density at radius 2 is 1.85 bits per heavy atom. The predicted octanol–water partition coefficient (Wildman–Crippen LogP) is 0.868. The molecule has 150 valence electrons. The summed E-state index contributed by atoms with van der Waals surface area (Å²) >= 11 is 0. The van der Waals surface area contributed by atoms with E-state index < -0.39 is 10.0 Å². The van der Waals surface area contributed by atoms with E-state index in [1.165, 1.54) is 24.3 Å². The van der Waals surface area contributed by atoms with Crippen molar-refractivity contribution in [1.82, 2.24) is 9.62 Å². The zero-order chi connectivity index (χ0) is 19.9. The number of benzene rings is 1. The number of carbonyl (C=O) groups is 2. The van der Waals surface area contributed by atoms with Gasteiger partial charge in [0.15, 0.2) is 6.61 Å². The van der Waals surface area contributed by atoms with Crippen molar-refractivity contribution < 1.29 is 22.7 Å². The molecule has 2 amide bonds. The number of nitrogens with two attached hydrogens (primary N) is 1. The Morgan fingerprint density at radius 3 is 2.41 bits per heavy atom. The highest BCUT2D eigenvalue weighted by molar-refractivity contribution is 7.89. The fraction of sp³-hybridized carbons (Fsp3) is 0.556. The van der Waals surface area contributed by atoms with Gasteiger partial charge >= 0.3 is 0 Å². The van der Waals surface area contributed by atoms with Crippen molar-refractivity contribution in [1.29, 1.82) is 0 Å². The lowest BCUT2D eigenvalue weighted by Gasteiger charge is -2.30. The largest absolute Gasteiger partial charge is 0.484 e. The fourth-order valence-electron chi connectivity index (χ4n) is 2.83. The summed E-state index contributed by atoms with van der Waals surface area (Å²) in [5.41, 5.74) is 5.29. The first-order valence-electron chi connectivity index (χ1n) is 9.13. The number of primary amides is 1. The Morgan fingerprint density at radius 1 is 1.22 bits per heavy atom. The van der Waals surface area contributed by atoms with Crippen LogP contribution in [0.5, 0.6) is 5.75 Å². The molecule has 0 bridgehead atoms. The number of nitrogens with zero attached hydrogens (tertiary/aromatic N) is 1. The van der Waals surface area contributed by atoms with Crippen LogP contribution in [0, 0.1) is 5.92 Å². The number of piperidine rings is 1. The summed E-state index contributed by atoms with van der Waals surface area (Å²) in [6.45, 7) is 3.22. The number of nitrogens with one attached hydrogen (secondary N) is 1. The number of hydrogen-bond donors (Lipinski definition) is 2. The fourth-order valence-corrected chi connectivity index (χ4v) is 3.91. The third-order valence-corrected chi connectivity index (χ3v) is 6.05. The van der Waals surface area contributed by atoms with Crippen LogP contribution in [0.15, 0.2) is 29.2 Å². The van der Waals surface area contributed by atoms with E-state index in [9.17, 15) is 18.0 Å². The van der Waals surface area contributed by atoms with E-state index in [0.29, 0.717) is 38.2 Å². The van der Waals surface area contributed by atoms with Crippen LogP contribution < -0.4 is 15.2 Å². The Bertz CT molecular complexity index is 741. The van der Waals surface area contributed by atoms with Crippen molar-refractivity contribution in [3.8, 4) is 5.75 Å². The lowest BCUT2D eigenvalue weighted by molar-refractivity contribution is -0.136. The highest BCUT2D eigenvalue weighted by Gasteiger charge is 2.26. The van der Waals surface area contributed by atoms with E-state index in [4.69, 9.17) is 10.5 Å². The molecule has 1 saturated heterocycles. The SMILES string of the molecule is CCCCNS(=O)(=O)c1ccc(OCC(=O)N2CCC(C(N)=O)CC2)cc1. The number of amides is 2. The summed E-state index contributed by atoms with van der Waals surface area (Å²) in [5, 5.41) is 0. The number of sulfonamides is 1. The lowest BCUT2D eigenvalue weighted by atomic mass is 9.96. The van der Waals surface area contributed by atoms with E-state index in [1.54, 1.807) is 4.90 Å². The maximum Gasteiger partial charge on any atom is 0.260 e. The second-order valence-electron chi connectivity index (χ2n) is 6.57. The van der Waals surface area contributed by atoms with Crippen LogP contribution in [0.1, 0.15) is 32.6 Å². The van der Waals surface area contributed by atoms with E-state index in [-0.39, 0.29) is 29.2 Å². The zero-order valence-corrected chi connectivity index (χ0v) is 16.3. The Kier molecular flexibility index (Phi) is 7.61. The summed E-state index contributed by atoms with van der Waals surface area (Å²) < 4.78 is 32.2. The predicted molar refractivity (Wildman–Crippen MR) is 101 cm³/mol. The lowest BCUT2D eigenvalue weighted by Crippen LogP contribution is -2.43. The molecule has 0 spiro atoms. The smallest absolute Gasteiger partial charge is 0.260 e. The first kappa shape index (κ1) is 21.2. The molecular weight excluding hydrogens is 370 g/mol. The number of hydrogen-bond acceptors (Lipinski definition) is 5. The molecule has 0 radical (unpaired) electrons. The van der Waals surface area contributed by atoms with Crippen LogP contribution in [-0.2, 0) is 19.6 Å². The van der Waals surface area contributed by atoms with Gasteiger partial charge in [0.25, 0.3) is 5.91 Å². The number of ether oxygens (including phenoxy) is 1. The van der Waals surface area contributed by atoms with Crippen LogP contribution in [0.25, 0.3) is 0 Å². The van der Waals surface area contributed by atoms with Gasteiger partial charge in [-0.25, -0.2) is 13.1 Å². The van der Waals surface area contributed by atoms with Gasteiger partial charge in [0.1, 0.15) is 5.75 Å². The molecule has 0 aromatic heterocycles. The van der Waals surface area contributed by atoms with Crippen molar-refractivity contribution >= 4 is 21.8 Å². The summed E-state index contributed by atoms with van der Waals surface area (Å²) in [5.74, 6) is -0.244. The molecule has 1 fully saturated rings. The van der Waals surface area contributed by atoms with Gasteiger partial charge < -0.3 is 15.4 Å². The minimum atomic E-state index is -3.53. The van der Waals surface area contributed by atoms with E-state index in [1.807, 2.05) is 6.92 Å². The zero-order valence-electron chi connectivity index (χ0n) is 15.5. The molecule has 1 heterocycles. The second kappa shape index (κ2) is 9.70. The van der Waals surface area contributed by atoms with Crippen LogP contribution in [0.4, 0.5) is 0 Å². The Labute approximate surface area is 160 Å². The van der Waals surface area contributed by atoms with Crippen LogP contribution >= 0.6 is 0 Å². The second-order valence-corrected chi connectivity index (χ2v) is 8.34. The van der Waals surface area contributed by atoms with Crippen molar-refractivity contribution in [2.45, 2.75) is 37.5 Å². The molecule has 1 aliphatic heterocycles. The van der Waals surface area contributed by atoms with Gasteiger partial charge in [-0.3, -0.25) is 9.59 Å². The maximum atomic E-state index is 12.2. The third kappa shape index (κ3) is 6.21.